The van der Waals surface area contributed by atoms with Crippen molar-refractivity contribution in [2.24, 2.45) is 0 Å². The molecule has 2 aromatic heterocycles. The number of carboxylic acid groups (broad SMARTS) is 1. The molecule has 8 heteroatoms. The zero-order valence-corrected chi connectivity index (χ0v) is 9.69. The minimum absolute atomic E-state index is 0.484. The van der Waals surface area contributed by atoms with Gasteiger partial charge < -0.3 is 10.0 Å². The number of carboxylic acids is 1. The lowest BCUT2D eigenvalue weighted by molar-refractivity contribution is -0.142. The number of anilines is 1. The topological polar surface area (TPSA) is 96.5 Å². The van der Waals surface area contributed by atoms with Crippen molar-refractivity contribution in [1.82, 2.24) is 25.3 Å². The van der Waals surface area contributed by atoms with E-state index in [-0.39, 0.29) is 0 Å². The summed E-state index contributed by atoms with van der Waals surface area (Å²) in [6.45, 7) is 3.20. The molecule has 0 radical (unpaired) electrons. The minimum Gasteiger partial charge on any atom is -0.480 e. The van der Waals surface area contributed by atoms with Crippen LogP contribution in [-0.4, -0.2) is 48.9 Å². The third-order valence-electron chi connectivity index (χ3n) is 2.76. The first-order chi connectivity index (χ1) is 7.93. The van der Waals surface area contributed by atoms with Gasteiger partial charge in [0.15, 0.2) is 11.5 Å². The predicted octanol–water partition coefficient (Wildman–Crippen LogP) is -0.181. The fraction of sp³-hybridized carbons (Fsp3) is 0.444. The van der Waals surface area contributed by atoms with Crippen LogP contribution in [0.3, 0.4) is 0 Å². The molecule has 0 saturated heterocycles. The Bertz CT molecular complexity index is 563. The molecule has 2 heterocycles. The minimum atomic E-state index is -1.06. The van der Waals surface area contributed by atoms with E-state index in [1.54, 1.807) is 37.9 Å². The number of likely N-dealkylation sites (N-methyl/N-ethyl adjacent to an activating group) is 1. The van der Waals surface area contributed by atoms with E-state index in [1.165, 1.54) is 4.63 Å². The zero-order chi connectivity index (χ0) is 12.6. The molecule has 2 aromatic rings. The SMILES string of the molecule is CN(c1ccc2nnnn2n1)C(C)(C)C(=O)O. The molecular formula is C9H12N6O2. The Morgan fingerprint density at radius 1 is 1.47 bits per heavy atom. The molecule has 0 saturated carbocycles. The van der Waals surface area contributed by atoms with Gasteiger partial charge in [0.05, 0.1) is 0 Å². The van der Waals surface area contributed by atoms with Crippen molar-refractivity contribution in [2.45, 2.75) is 19.4 Å². The van der Waals surface area contributed by atoms with E-state index in [4.69, 9.17) is 5.11 Å². The van der Waals surface area contributed by atoms with Crippen LogP contribution in [0.5, 0.6) is 0 Å². The Labute approximate surface area is 96.8 Å². The van der Waals surface area contributed by atoms with Gasteiger partial charge in [0.2, 0.25) is 0 Å². The van der Waals surface area contributed by atoms with Gasteiger partial charge in [0.1, 0.15) is 5.54 Å². The highest BCUT2D eigenvalue weighted by Gasteiger charge is 2.33. The largest absolute Gasteiger partial charge is 0.480 e. The van der Waals surface area contributed by atoms with Crippen LogP contribution in [0.15, 0.2) is 12.1 Å². The van der Waals surface area contributed by atoms with Crippen LogP contribution in [-0.2, 0) is 4.79 Å². The summed E-state index contributed by atoms with van der Waals surface area (Å²) in [5.41, 5.74) is -0.551. The fourth-order valence-electron chi connectivity index (χ4n) is 1.25. The van der Waals surface area contributed by atoms with Crippen molar-refractivity contribution in [2.75, 3.05) is 11.9 Å². The molecule has 0 aliphatic rings. The highest BCUT2D eigenvalue weighted by molar-refractivity contribution is 5.81. The summed E-state index contributed by atoms with van der Waals surface area (Å²) < 4.78 is 1.25. The summed E-state index contributed by atoms with van der Waals surface area (Å²) in [4.78, 5) is 12.7. The molecule has 0 aromatic carbocycles. The van der Waals surface area contributed by atoms with Gasteiger partial charge in [-0.05, 0) is 36.4 Å². The molecule has 0 aliphatic carbocycles. The second-order valence-corrected chi connectivity index (χ2v) is 4.14. The summed E-state index contributed by atoms with van der Waals surface area (Å²) in [6, 6.07) is 3.35. The molecule has 2 rings (SSSR count). The first-order valence-electron chi connectivity index (χ1n) is 4.95. The van der Waals surface area contributed by atoms with Crippen LogP contribution in [0, 0.1) is 0 Å². The Morgan fingerprint density at radius 3 is 2.82 bits per heavy atom. The summed E-state index contributed by atoms with van der Waals surface area (Å²) in [6.07, 6.45) is 0. The van der Waals surface area contributed by atoms with Gasteiger partial charge in [-0.25, -0.2) is 4.79 Å². The lowest BCUT2D eigenvalue weighted by atomic mass is 10.0. The number of tetrazole rings is 1. The normalized spacial score (nSPS) is 11.7. The van der Waals surface area contributed by atoms with Crippen LogP contribution < -0.4 is 4.90 Å². The van der Waals surface area contributed by atoms with Crippen LogP contribution in [0.1, 0.15) is 13.8 Å². The number of hydrogen-bond acceptors (Lipinski definition) is 6. The third-order valence-corrected chi connectivity index (χ3v) is 2.76. The van der Waals surface area contributed by atoms with E-state index >= 15 is 0 Å². The maximum Gasteiger partial charge on any atom is 0.328 e. The molecule has 0 aliphatic heterocycles. The van der Waals surface area contributed by atoms with Crippen LogP contribution in [0.25, 0.3) is 5.65 Å². The summed E-state index contributed by atoms with van der Waals surface area (Å²) in [5.74, 6) is -0.448. The zero-order valence-electron chi connectivity index (χ0n) is 9.69. The molecule has 0 spiro atoms. The second kappa shape index (κ2) is 3.65. The number of fused-ring (bicyclic) bond motifs is 1. The van der Waals surface area contributed by atoms with Gasteiger partial charge in [-0.1, -0.05) is 0 Å². The van der Waals surface area contributed by atoms with Crippen LogP contribution >= 0.6 is 0 Å². The van der Waals surface area contributed by atoms with Crippen molar-refractivity contribution in [3.63, 3.8) is 0 Å². The number of aliphatic carboxylic acids is 1. The molecule has 90 valence electrons. The maximum atomic E-state index is 11.1. The molecule has 0 bridgehead atoms. The van der Waals surface area contributed by atoms with E-state index in [9.17, 15) is 4.79 Å². The maximum absolute atomic E-state index is 11.1. The molecule has 1 N–H and O–H groups in total. The van der Waals surface area contributed by atoms with Gasteiger partial charge in [0, 0.05) is 7.05 Å². The number of carbonyl (C=O) groups is 1. The van der Waals surface area contributed by atoms with E-state index in [0.29, 0.717) is 11.5 Å². The molecule has 0 amide bonds. The van der Waals surface area contributed by atoms with E-state index < -0.39 is 11.5 Å². The number of aromatic nitrogens is 5. The van der Waals surface area contributed by atoms with E-state index in [2.05, 4.69) is 20.6 Å². The van der Waals surface area contributed by atoms with Crippen LogP contribution in [0.2, 0.25) is 0 Å². The molecule has 17 heavy (non-hydrogen) atoms. The Morgan fingerprint density at radius 2 is 2.18 bits per heavy atom. The number of hydrogen-bond donors (Lipinski definition) is 1. The van der Waals surface area contributed by atoms with Gasteiger partial charge in [-0.2, -0.15) is 0 Å². The van der Waals surface area contributed by atoms with Gasteiger partial charge >= 0.3 is 5.97 Å². The second-order valence-electron chi connectivity index (χ2n) is 4.14. The van der Waals surface area contributed by atoms with Crippen LogP contribution in [0.4, 0.5) is 5.82 Å². The number of rotatable bonds is 3. The lowest BCUT2D eigenvalue weighted by Crippen LogP contribution is -2.48. The van der Waals surface area contributed by atoms with Crippen molar-refractivity contribution in [1.29, 1.82) is 0 Å². The van der Waals surface area contributed by atoms with Gasteiger partial charge in [-0.15, -0.1) is 14.8 Å². The lowest BCUT2D eigenvalue weighted by Gasteiger charge is -2.32. The van der Waals surface area contributed by atoms with Gasteiger partial charge in [-0.3, -0.25) is 0 Å². The van der Waals surface area contributed by atoms with Crippen molar-refractivity contribution >= 4 is 17.4 Å². The van der Waals surface area contributed by atoms with E-state index in [1.807, 2.05) is 0 Å². The smallest absolute Gasteiger partial charge is 0.328 e. The quantitative estimate of drug-likeness (QED) is 0.789. The molecule has 0 fully saturated rings. The Kier molecular flexibility index (Phi) is 2.41. The Hall–Kier alpha value is -2.25. The van der Waals surface area contributed by atoms with Gasteiger partial charge in [0.25, 0.3) is 0 Å². The molecule has 8 nitrogen and oxygen atoms in total. The Balaban J connectivity index is 2.42. The third kappa shape index (κ3) is 1.77. The standard InChI is InChI=1S/C9H12N6O2/c1-9(2,8(16)17)14(3)7-5-4-6-10-12-13-15(6)11-7/h4-5H,1-3H3,(H,16,17). The molecule has 0 unspecified atom stereocenters. The fourth-order valence-corrected chi connectivity index (χ4v) is 1.25. The summed E-state index contributed by atoms with van der Waals surface area (Å²) in [7, 11) is 1.66. The first-order valence-corrected chi connectivity index (χ1v) is 4.95. The average molecular weight is 236 g/mol. The summed E-state index contributed by atoms with van der Waals surface area (Å²) in [5, 5.41) is 24.1. The molecule has 0 atom stereocenters. The first kappa shape index (κ1) is 11.2. The predicted molar refractivity (Wildman–Crippen MR) is 58.7 cm³/mol. The average Bonchev–Trinajstić information content (AvgIpc) is 2.74. The van der Waals surface area contributed by atoms with E-state index in [0.717, 1.165) is 0 Å². The number of nitrogens with zero attached hydrogens (tertiary/aromatic N) is 6. The van der Waals surface area contributed by atoms with Crippen molar-refractivity contribution in [3.8, 4) is 0 Å². The highest BCUT2D eigenvalue weighted by atomic mass is 16.4. The van der Waals surface area contributed by atoms with Crippen molar-refractivity contribution < 1.29 is 9.90 Å². The highest BCUT2D eigenvalue weighted by Crippen LogP contribution is 2.19. The van der Waals surface area contributed by atoms with Crippen molar-refractivity contribution in [3.05, 3.63) is 12.1 Å². The monoisotopic (exact) mass is 236 g/mol. The summed E-state index contributed by atoms with van der Waals surface area (Å²) >= 11 is 0. The molecular weight excluding hydrogens is 224 g/mol.